The Hall–Kier alpha value is -3.32. The van der Waals surface area contributed by atoms with E-state index in [2.05, 4.69) is 10.3 Å². The summed E-state index contributed by atoms with van der Waals surface area (Å²) in [6.45, 7) is 11.1. The van der Waals surface area contributed by atoms with Crippen LogP contribution >= 0.6 is 0 Å². The van der Waals surface area contributed by atoms with Gasteiger partial charge in [0, 0.05) is 12.6 Å². The second kappa shape index (κ2) is 11.0. The maximum atomic E-state index is 13.8. The molecule has 1 aromatic carbocycles. The average Bonchev–Trinajstić information content (AvgIpc) is 3.01. The van der Waals surface area contributed by atoms with Gasteiger partial charge in [0.2, 0.25) is 5.54 Å². The summed E-state index contributed by atoms with van der Waals surface area (Å²) in [5.41, 5.74) is -3.96. The van der Waals surface area contributed by atoms with Crippen molar-refractivity contribution < 1.29 is 38.1 Å². The van der Waals surface area contributed by atoms with Gasteiger partial charge in [-0.3, -0.25) is 9.63 Å². The Kier molecular flexibility index (Phi) is 8.87. The first-order chi connectivity index (χ1) is 16.9. The molecule has 13 heteroatoms. The Balaban J connectivity index is 2.82. The molecular weight excluding hydrogens is 504 g/mol. The largest absolute Gasteiger partial charge is 0.612 e. The number of oxime groups is 1. The van der Waals surface area contributed by atoms with E-state index in [0.29, 0.717) is 15.5 Å². The highest BCUT2D eigenvalue weighted by Gasteiger charge is 2.63. The average molecular weight is 539 g/mol. The van der Waals surface area contributed by atoms with E-state index in [1.165, 1.54) is 27.3 Å². The van der Waals surface area contributed by atoms with Gasteiger partial charge >= 0.3 is 12.2 Å². The Bertz CT molecular complexity index is 1090. The van der Waals surface area contributed by atoms with Crippen molar-refractivity contribution in [3.05, 3.63) is 29.8 Å². The van der Waals surface area contributed by atoms with E-state index >= 15 is 0 Å². The smallest absolute Gasteiger partial charge is 0.534 e. The van der Waals surface area contributed by atoms with Gasteiger partial charge in [0.25, 0.3) is 5.91 Å². The number of amides is 2. The monoisotopic (exact) mass is 538 g/mol. The van der Waals surface area contributed by atoms with Gasteiger partial charge in [-0.2, -0.15) is 5.10 Å². The van der Waals surface area contributed by atoms with Gasteiger partial charge < -0.3 is 18.9 Å². The SMILES string of the molecule is CON=C(C)C1(N(OC(=O)OC(C)(C)C)C(=O)OC(C)(C)C)C(=O)N(C)N=C1c1ccc([S+](C)[O-])cc1. The van der Waals surface area contributed by atoms with Crippen molar-refractivity contribution in [3.8, 4) is 0 Å². The molecule has 37 heavy (non-hydrogen) atoms. The Morgan fingerprint density at radius 3 is 2.08 bits per heavy atom. The van der Waals surface area contributed by atoms with Crippen molar-refractivity contribution in [2.45, 2.75) is 70.1 Å². The van der Waals surface area contributed by atoms with Crippen LogP contribution in [0.2, 0.25) is 0 Å². The fraction of sp³-hybridized carbons (Fsp3) is 0.542. The summed E-state index contributed by atoms with van der Waals surface area (Å²) in [7, 11) is 2.63. The van der Waals surface area contributed by atoms with Crippen molar-refractivity contribution in [2.24, 2.45) is 10.3 Å². The third kappa shape index (κ3) is 6.72. The molecule has 2 amide bonds. The predicted molar refractivity (Wildman–Crippen MR) is 136 cm³/mol. The van der Waals surface area contributed by atoms with Gasteiger partial charge in [0.15, 0.2) is 4.90 Å². The topological polar surface area (TPSA) is 142 Å². The molecule has 204 valence electrons. The van der Waals surface area contributed by atoms with Crippen molar-refractivity contribution in [1.82, 2.24) is 10.1 Å². The predicted octanol–water partition coefficient (Wildman–Crippen LogP) is 3.47. The van der Waals surface area contributed by atoms with E-state index in [-0.39, 0.29) is 11.4 Å². The highest BCUT2D eigenvalue weighted by atomic mass is 32.2. The number of likely N-dealkylation sites (N-methyl/N-ethyl adjacent to an activating group) is 1. The minimum absolute atomic E-state index is 0.0128. The van der Waals surface area contributed by atoms with Gasteiger partial charge in [-0.15, -0.1) is 5.06 Å². The Labute approximate surface area is 219 Å². The number of carbonyl (C=O) groups is 3. The van der Waals surface area contributed by atoms with Crippen LogP contribution in [0.5, 0.6) is 0 Å². The number of rotatable bonds is 5. The lowest BCUT2D eigenvalue weighted by Crippen LogP contribution is -2.66. The van der Waals surface area contributed by atoms with Gasteiger partial charge in [-0.1, -0.05) is 5.16 Å². The summed E-state index contributed by atoms with van der Waals surface area (Å²) in [6.07, 6.45) is -0.911. The van der Waals surface area contributed by atoms with Crippen LogP contribution in [0.3, 0.4) is 0 Å². The Morgan fingerprint density at radius 2 is 1.62 bits per heavy atom. The second-order valence-corrected chi connectivity index (χ2v) is 11.5. The van der Waals surface area contributed by atoms with Crippen LogP contribution < -0.4 is 0 Å². The molecule has 1 heterocycles. The fourth-order valence-electron chi connectivity index (χ4n) is 3.42. The number of hydrogen-bond acceptors (Lipinski definition) is 10. The van der Waals surface area contributed by atoms with Gasteiger partial charge in [0.05, 0.1) is 5.71 Å². The maximum absolute atomic E-state index is 13.8. The maximum Gasteiger partial charge on any atom is 0.534 e. The van der Waals surface area contributed by atoms with Crippen molar-refractivity contribution >= 4 is 40.8 Å². The quantitative estimate of drug-likeness (QED) is 0.240. The summed E-state index contributed by atoms with van der Waals surface area (Å²) in [5, 5.41) is 9.75. The zero-order valence-electron chi connectivity index (χ0n) is 22.8. The molecule has 1 aromatic rings. The first-order valence-corrected chi connectivity index (χ1v) is 12.8. The first-order valence-electron chi connectivity index (χ1n) is 11.3. The molecule has 1 aliphatic rings. The van der Waals surface area contributed by atoms with E-state index < -0.39 is 46.1 Å². The van der Waals surface area contributed by atoms with E-state index in [9.17, 15) is 18.9 Å². The highest BCUT2D eigenvalue weighted by Crippen LogP contribution is 2.34. The number of ether oxygens (including phenoxy) is 2. The van der Waals surface area contributed by atoms with E-state index in [0.717, 1.165) is 5.01 Å². The minimum Gasteiger partial charge on any atom is -0.612 e. The number of benzene rings is 1. The lowest BCUT2D eigenvalue weighted by molar-refractivity contribution is -0.169. The molecule has 1 aliphatic heterocycles. The second-order valence-electron chi connectivity index (χ2n) is 10.2. The van der Waals surface area contributed by atoms with Crippen LogP contribution in [-0.2, 0) is 35.1 Å². The summed E-state index contributed by atoms with van der Waals surface area (Å²) < 4.78 is 22.7. The van der Waals surface area contributed by atoms with Crippen LogP contribution in [0.15, 0.2) is 39.4 Å². The number of carbonyl (C=O) groups excluding carboxylic acids is 3. The summed E-state index contributed by atoms with van der Waals surface area (Å²) in [5.74, 6) is -0.779. The van der Waals surface area contributed by atoms with Crippen LogP contribution in [0.25, 0.3) is 0 Å². The van der Waals surface area contributed by atoms with E-state index in [1.54, 1.807) is 65.8 Å². The summed E-state index contributed by atoms with van der Waals surface area (Å²) in [6, 6.07) is 6.35. The van der Waals surface area contributed by atoms with Crippen molar-refractivity contribution in [3.63, 3.8) is 0 Å². The molecule has 2 unspecified atom stereocenters. The lowest BCUT2D eigenvalue weighted by atomic mass is 9.84. The molecule has 0 aliphatic carbocycles. The lowest BCUT2D eigenvalue weighted by Gasteiger charge is -2.37. The summed E-state index contributed by atoms with van der Waals surface area (Å²) in [4.78, 5) is 51.1. The van der Waals surface area contributed by atoms with Crippen LogP contribution in [0.1, 0.15) is 54.0 Å². The zero-order valence-corrected chi connectivity index (χ0v) is 23.6. The molecule has 0 N–H and O–H groups in total. The van der Waals surface area contributed by atoms with Gasteiger partial charge in [-0.05, 0) is 83.9 Å². The number of hydroxylamine groups is 2. The third-order valence-corrected chi connectivity index (χ3v) is 5.76. The highest BCUT2D eigenvalue weighted by molar-refractivity contribution is 7.90. The normalized spacial score (nSPS) is 19.2. The molecule has 0 spiro atoms. The molecule has 0 radical (unpaired) electrons. The molecule has 0 bridgehead atoms. The molecule has 0 aromatic heterocycles. The van der Waals surface area contributed by atoms with Gasteiger partial charge in [0.1, 0.15) is 30.3 Å². The van der Waals surface area contributed by atoms with Crippen molar-refractivity contribution in [1.29, 1.82) is 0 Å². The number of nitrogens with zero attached hydrogens (tertiary/aromatic N) is 4. The first kappa shape index (κ1) is 29.9. The van der Waals surface area contributed by atoms with Crippen LogP contribution in [0.4, 0.5) is 9.59 Å². The molecule has 0 saturated carbocycles. The number of hydrogen-bond donors (Lipinski definition) is 0. The molecular formula is C24H34N4O8S. The minimum atomic E-state index is -2.23. The number of hydrazone groups is 1. The summed E-state index contributed by atoms with van der Waals surface area (Å²) >= 11 is -1.26. The van der Waals surface area contributed by atoms with E-state index in [1.807, 2.05) is 0 Å². The van der Waals surface area contributed by atoms with E-state index in [4.69, 9.17) is 19.1 Å². The molecule has 0 fully saturated rings. The Morgan fingerprint density at radius 1 is 1.08 bits per heavy atom. The van der Waals surface area contributed by atoms with Crippen molar-refractivity contribution in [2.75, 3.05) is 20.4 Å². The van der Waals surface area contributed by atoms with Crippen LogP contribution in [-0.4, -0.2) is 81.4 Å². The molecule has 2 atom stereocenters. The zero-order chi connectivity index (χ0) is 28.3. The molecule has 0 saturated heterocycles. The fourth-order valence-corrected chi connectivity index (χ4v) is 3.94. The van der Waals surface area contributed by atoms with Gasteiger partial charge in [-0.25, -0.2) is 14.6 Å². The molecule has 2 rings (SSSR count). The third-order valence-electron chi connectivity index (χ3n) is 4.83. The standard InChI is InChI=1S/C24H34N4O8S/c1-15(26-33-9)24(28(20(30)34-22(2,3)4)36-21(31)35-23(5,6)7)18(25-27(8)19(24)29)16-11-13-17(14-12-16)37(10)32/h11-14H,1-10H3. The van der Waals surface area contributed by atoms with Crippen LogP contribution in [0, 0.1) is 0 Å². The molecule has 12 nitrogen and oxygen atoms in total.